The molecule has 1 rings (SSSR count). The van der Waals surface area contributed by atoms with Gasteiger partial charge >= 0.3 is 0 Å². The number of aromatic hydroxyl groups is 1. The van der Waals surface area contributed by atoms with Crippen LogP contribution >= 0.6 is 0 Å². The molecule has 0 aliphatic carbocycles. The summed E-state index contributed by atoms with van der Waals surface area (Å²) < 4.78 is 0. The molecule has 2 heteroatoms. The van der Waals surface area contributed by atoms with Crippen molar-refractivity contribution in [3.8, 4) is 5.88 Å². The Balaban J connectivity index is 2.89. The summed E-state index contributed by atoms with van der Waals surface area (Å²) in [5.41, 5.74) is 1.04. The predicted molar refractivity (Wildman–Crippen MR) is 39.7 cm³/mol. The first-order valence-electron chi connectivity index (χ1n) is 3.18. The number of hydrogen-bond acceptors (Lipinski definition) is 2. The normalized spacial score (nSPS) is 10.3. The van der Waals surface area contributed by atoms with E-state index in [1.165, 1.54) is 0 Å². The summed E-state index contributed by atoms with van der Waals surface area (Å²) in [6.07, 6.45) is 1.63. The first-order valence-corrected chi connectivity index (χ1v) is 3.18. The number of pyridine rings is 1. The van der Waals surface area contributed by atoms with Crippen molar-refractivity contribution >= 4 is 0 Å². The third kappa shape index (κ3) is 1.47. The van der Waals surface area contributed by atoms with Gasteiger partial charge in [-0.2, -0.15) is 0 Å². The summed E-state index contributed by atoms with van der Waals surface area (Å²) >= 11 is 0. The molecule has 0 amide bonds. The summed E-state index contributed by atoms with van der Waals surface area (Å²) in [7, 11) is 0. The summed E-state index contributed by atoms with van der Waals surface area (Å²) in [6.45, 7) is 5.80. The summed E-state index contributed by atoms with van der Waals surface area (Å²) in [4.78, 5) is 3.72. The molecular weight excluding hydrogens is 126 g/mol. The van der Waals surface area contributed by atoms with Crippen LogP contribution in [0.3, 0.4) is 0 Å². The maximum atomic E-state index is 8.81. The van der Waals surface area contributed by atoms with Crippen LogP contribution in [0.25, 0.3) is 0 Å². The van der Waals surface area contributed by atoms with Gasteiger partial charge in [-0.25, -0.2) is 4.98 Å². The van der Waals surface area contributed by atoms with Gasteiger partial charge in [0.25, 0.3) is 0 Å². The second-order valence-electron chi connectivity index (χ2n) is 2.35. The van der Waals surface area contributed by atoms with Crippen LogP contribution in [-0.4, -0.2) is 10.1 Å². The standard InChI is InChI=1S/C8H10NO/c1-6(2)7-3-4-8(10)9-5-7/h3-6H,1H2,2H3,(H,9,10). The summed E-state index contributed by atoms with van der Waals surface area (Å²) in [6, 6.07) is 3.39. The van der Waals surface area contributed by atoms with Crippen molar-refractivity contribution in [2.75, 3.05) is 0 Å². The lowest BCUT2D eigenvalue weighted by Gasteiger charge is -2.02. The highest BCUT2D eigenvalue weighted by molar-refractivity contribution is 5.20. The Morgan fingerprint density at radius 1 is 1.60 bits per heavy atom. The molecule has 0 aliphatic heterocycles. The van der Waals surface area contributed by atoms with Gasteiger partial charge in [0, 0.05) is 12.3 Å². The second-order valence-corrected chi connectivity index (χ2v) is 2.35. The number of rotatable bonds is 1. The molecule has 1 N–H and O–H groups in total. The highest BCUT2D eigenvalue weighted by atomic mass is 16.3. The van der Waals surface area contributed by atoms with E-state index in [2.05, 4.69) is 11.9 Å². The monoisotopic (exact) mass is 136 g/mol. The minimum atomic E-state index is 0.0596. The maximum Gasteiger partial charge on any atom is 0.210 e. The molecule has 0 spiro atoms. The van der Waals surface area contributed by atoms with Crippen molar-refractivity contribution in [1.29, 1.82) is 0 Å². The van der Waals surface area contributed by atoms with Gasteiger partial charge in [0.1, 0.15) is 0 Å². The zero-order valence-corrected chi connectivity index (χ0v) is 5.91. The highest BCUT2D eigenvalue weighted by Crippen LogP contribution is 2.13. The van der Waals surface area contributed by atoms with Crippen LogP contribution in [0.15, 0.2) is 18.3 Å². The minimum absolute atomic E-state index is 0.0596. The van der Waals surface area contributed by atoms with E-state index < -0.39 is 0 Å². The van der Waals surface area contributed by atoms with Gasteiger partial charge in [-0.1, -0.05) is 13.0 Å². The third-order valence-corrected chi connectivity index (χ3v) is 1.34. The van der Waals surface area contributed by atoms with Crippen molar-refractivity contribution in [2.24, 2.45) is 0 Å². The molecule has 1 atom stereocenters. The van der Waals surface area contributed by atoms with Crippen LogP contribution in [0, 0.1) is 6.92 Å². The lowest BCUT2D eigenvalue weighted by Crippen LogP contribution is -1.87. The molecule has 0 saturated heterocycles. The Morgan fingerprint density at radius 2 is 2.30 bits per heavy atom. The van der Waals surface area contributed by atoms with Crippen molar-refractivity contribution in [2.45, 2.75) is 12.8 Å². The smallest absolute Gasteiger partial charge is 0.210 e. The molecule has 2 nitrogen and oxygen atoms in total. The molecule has 1 aromatic heterocycles. The Bertz CT molecular complexity index is 203. The molecule has 0 aliphatic rings. The van der Waals surface area contributed by atoms with Crippen LogP contribution in [0.4, 0.5) is 0 Å². The lowest BCUT2D eigenvalue weighted by molar-refractivity contribution is 0.453. The Kier molecular flexibility index (Phi) is 1.90. The fourth-order valence-electron chi connectivity index (χ4n) is 0.689. The van der Waals surface area contributed by atoms with Crippen molar-refractivity contribution < 1.29 is 5.11 Å². The lowest BCUT2D eigenvalue weighted by atomic mass is 10.1. The van der Waals surface area contributed by atoms with Gasteiger partial charge in [0.2, 0.25) is 5.88 Å². The van der Waals surface area contributed by atoms with Gasteiger partial charge in [-0.15, -0.1) is 0 Å². The van der Waals surface area contributed by atoms with E-state index in [1.54, 1.807) is 12.3 Å². The average Bonchev–Trinajstić information content (AvgIpc) is 1.88. The molecule has 1 unspecified atom stereocenters. The molecule has 0 fully saturated rings. The second kappa shape index (κ2) is 2.69. The van der Waals surface area contributed by atoms with E-state index in [0.717, 1.165) is 5.56 Å². The van der Waals surface area contributed by atoms with E-state index in [1.807, 2.05) is 13.0 Å². The zero-order chi connectivity index (χ0) is 7.56. The van der Waals surface area contributed by atoms with Crippen molar-refractivity contribution in [3.63, 3.8) is 0 Å². The molecular formula is C8H10NO. The quantitative estimate of drug-likeness (QED) is 0.637. The summed E-state index contributed by atoms with van der Waals surface area (Å²) in [5, 5.41) is 8.81. The van der Waals surface area contributed by atoms with E-state index in [4.69, 9.17) is 5.11 Å². The van der Waals surface area contributed by atoms with Crippen LogP contribution in [0.1, 0.15) is 18.4 Å². The van der Waals surface area contributed by atoms with Crippen LogP contribution in [0.5, 0.6) is 5.88 Å². The highest BCUT2D eigenvalue weighted by Gasteiger charge is 1.97. The molecule has 1 aromatic rings. The fraction of sp³-hybridized carbons (Fsp3) is 0.250. The molecule has 1 radical (unpaired) electrons. The number of aromatic nitrogens is 1. The molecule has 0 aromatic carbocycles. The average molecular weight is 136 g/mol. The van der Waals surface area contributed by atoms with Gasteiger partial charge in [-0.3, -0.25) is 0 Å². The van der Waals surface area contributed by atoms with E-state index in [0.29, 0.717) is 0 Å². The Morgan fingerprint density at radius 3 is 2.70 bits per heavy atom. The fourth-order valence-corrected chi connectivity index (χ4v) is 0.689. The zero-order valence-electron chi connectivity index (χ0n) is 5.91. The van der Waals surface area contributed by atoms with Crippen LogP contribution in [0.2, 0.25) is 0 Å². The Hall–Kier alpha value is -1.05. The largest absolute Gasteiger partial charge is 0.493 e. The first-order chi connectivity index (χ1) is 4.70. The van der Waals surface area contributed by atoms with Crippen molar-refractivity contribution in [1.82, 2.24) is 4.98 Å². The van der Waals surface area contributed by atoms with E-state index >= 15 is 0 Å². The molecule has 10 heavy (non-hydrogen) atoms. The van der Waals surface area contributed by atoms with Gasteiger partial charge in [0.15, 0.2) is 0 Å². The van der Waals surface area contributed by atoms with E-state index in [9.17, 15) is 0 Å². The molecule has 1 heterocycles. The maximum absolute atomic E-state index is 8.81. The van der Waals surface area contributed by atoms with Gasteiger partial charge in [0.05, 0.1) is 0 Å². The van der Waals surface area contributed by atoms with Crippen LogP contribution in [-0.2, 0) is 0 Å². The predicted octanol–water partition coefficient (Wildman–Crippen LogP) is 1.72. The number of hydrogen-bond donors (Lipinski definition) is 1. The number of nitrogens with zero attached hydrogens (tertiary/aromatic N) is 1. The van der Waals surface area contributed by atoms with Crippen molar-refractivity contribution in [3.05, 3.63) is 30.8 Å². The van der Waals surface area contributed by atoms with Gasteiger partial charge < -0.3 is 5.11 Å². The van der Waals surface area contributed by atoms with Gasteiger partial charge in [-0.05, 0) is 18.4 Å². The topological polar surface area (TPSA) is 33.1 Å². The van der Waals surface area contributed by atoms with E-state index in [-0.39, 0.29) is 11.8 Å². The third-order valence-electron chi connectivity index (χ3n) is 1.34. The molecule has 0 bridgehead atoms. The molecule has 53 valence electrons. The summed E-state index contributed by atoms with van der Waals surface area (Å²) in [5.74, 6) is 0.289. The SMILES string of the molecule is [CH2]C(C)c1ccc(O)nc1. The van der Waals surface area contributed by atoms with Crippen LogP contribution < -0.4 is 0 Å². The Labute approximate surface area is 60.5 Å². The molecule has 0 saturated carbocycles. The first kappa shape index (κ1) is 7.06. The minimum Gasteiger partial charge on any atom is -0.493 e.